The number of aliphatic hydroxyl groups excluding tert-OH is 1. The molecule has 4 N–H and O–H groups in total. The lowest BCUT2D eigenvalue weighted by Crippen LogP contribution is -2.17. The number of fused-ring (bicyclic) bond motifs is 1. The average Bonchev–Trinajstić information content (AvgIpc) is 2.96. The summed E-state index contributed by atoms with van der Waals surface area (Å²) in [6, 6.07) is 4.51. The fraction of sp³-hybridized carbons (Fsp3) is 0.267. The fourth-order valence-corrected chi connectivity index (χ4v) is 2.42. The molecule has 26 heavy (non-hydrogen) atoms. The van der Waals surface area contributed by atoms with E-state index in [9.17, 15) is 15.0 Å². The van der Waals surface area contributed by atoms with Crippen molar-refractivity contribution in [2.75, 3.05) is 17.2 Å². The van der Waals surface area contributed by atoms with Gasteiger partial charge in [-0.25, -0.2) is 9.48 Å². The van der Waals surface area contributed by atoms with Crippen LogP contribution in [-0.2, 0) is 7.05 Å². The van der Waals surface area contributed by atoms with Gasteiger partial charge in [-0.1, -0.05) is 16.8 Å². The van der Waals surface area contributed by atoms with Crippen LogP contribution in [0.25, 0.3) is 11.2 Å². The van der Waals surface area contributed by atoms with Crippen LogP contribution in [0.3, 0.4) is 0 Å². The molecular weight excluding hydrogens is 362 g/mol. The first-order valence-electron chi connectivity index (χ1n) is 7.64. The second-order valence-electron chi connectivity index (χ2n) is 5.64. The van der Waals surface area contributed by atoms with Crippen LogP contribution < -0.4 is 10.6 Å². The third-order valence-electron chi connectivity index (χ3n) is 3.47. The van der Waals surface area contributed by atoms with Crippen LogP contribution in [0.4, 0.5) is 17.5 Å². The Morgan fingerprint density at radius 1 is 1.38 bits per heavy atom. The number of anilines is 3. The highest BCUT2D eigenvalue weighted by Crippen LogP contribution is 2.26. The molecule has 2 aromatic heterocycles. The van der Waals surface area contributed by atoms with Crippen LogP contribution in [0.2, 0.25) is 5.02 Å². The van der Waals surface area contributed by atoms with Gasteiger partial charge in [-0.3, -0.25) is 0 Å². The normalized spacial score (nSPS) is 12.2. The van der Waals surface area contributed by atoms with Crippen LogP contribution in [0, 0.1) is 0 Å². The SMILES string of the molecule is CC(O)CNc1nc(Nc2ccc(Cl)c(C(=O)O)c2)c2nnn(C)c2n1. The molecule has 10 nitrogen and oxygen atoms in total. The molecule has 1 unspecified atom stereocenters. The molecule has 3 aromatic rings. The van der Waals surface area contributed by atoms with Crippen LogP contribution >= 0.6 is 11.6 Å². The van der Waals surface area contributed by atoms with E-state index in [1.165, 1.54) is 16.8 Å². The number of benzene rings is 1. The summed E-state index contributed by atoms with van der Waals surface area (Å²) in [5.74, 6) is -0.515. The van der Waals surface area contributed by atoms with Gasteiger partial charge in [0.2, 0.25) is 5.95 Å². The summed E-state index contributed by atoms with van der Waals surface area (Å²) in [7, 11) is 1.69. The molecule has 0 aliphatic carbocycles. The van der Waals surface area contributed by atoms with Crippen molar-refractivity contribution in [3.63, 3.8) is 0 Å². The second-order valence-corrected chi connectivity index (χ2v) is 6.04. The van der Waals surface area contributed by atoms with Crippen molar-refractivity contribution in [1.82, 2.24) is 25.0 Å². The Morgan fingerprint density at radius 2 is 2.15 bits per heavy atom. The highest BCUT2D eigenvalue weighted by Gasteiger charge is 2.15. The zero-order chi connectivity index (χ0) is 18.8. The molecular formula is C15H16ClN7O3. The summed E-state index contributed by atoms with van der Waals surface area (Å²) in [6.45, 7) is 1.90. The van der Waals surface area contributed by atoms with E-state index in [0.29, 0.717) is 22.7 Å². The van der Waals surface area contributed by atoms with Gasteiger partial charge in [0.1, 0.15) is 0 Å². The van der Waals surface area contributed by atoms with E-state index in [1.807, 2.05) is 0 Å². The van der Waals surface area contributed by atoms with Crippen molar-refractivity contribution in [3.05, 3.63) is 28.8 Å². The average molecular weight is 378 g/mol. The van der Waals surface area contributed by atoms with Gasteiger partial charge in [0, 0.05) is 19.3 Å². The van der Waals surface area contributed by atoms with E-state index in [2.05, 4.69) is 30.9 Å². The van der Waals surface area contributed by atoms with Gasteiger partial charge in [-0.2, -0.15) is 9.97 Å². The fourth-order valence-electron chi connectivity index (χ4n) is 2.22. The largest absolute Gasteiger partial charge is 0.478 e. The monoisotopic (exact) mass is 377 g/mol. The number of carboxylic acids is 1. The maximum atomic E-state index is 11.2. The Balaban J connectivity index is 2.01. The number of carboxylic acid groups (broad SMARTS) is 1. The highest BCUT2D eigenvalue weighted by atomic mass is 35.5. The number of hydrogen-bond donors (Lipinski definition) is 4. The number of carbonyl (C=O) groups is 1. The summed E-state index contributed by atoms with van der Waals surface area (Å²) in [4.78, 5) is 19.9. The third kappa shape index (κ3) is 3.65. The van der Waals surface area contributed by atoms with Crippen molar-refractivity contribution in [1.29, 1.82) is 0 Å². The summed E-state index contributed by atoms with van der Waals surface area (Å²) in [6.07, 6.45) is -0.579. The number of aromatic nitrogens is 5. The van der Waals surface area contributed by atoms with Gasteiger partial charge in [-0.15, -0.1) is 5.10 Å². The molecule has 0 saturated carbocycles. The topological polar surface area (TPSA) is 138 Å². The Labute approximate surface area is 152 Å². The van der Waals surface area contributed by atoms with E-state index in [0.717, 1.165) is 0 Å². The van der Waals surface area contributed by atoms with Crippen LogP contribution in [0.15, 0.2) is 18.2 Å². The van der Waals surface area contributed by atoms with E-state index in [4.69, 9.17) is 11.6 Å². The standard InChI is InChI=1S/C15H16ClN7O3/c1-7(24)6-17-15-19-12(11-13(20-15)23(2)22-21-11)18-8-3-4-10(16)9(5-8)14(25)26/h3-5,7,24H,6H2,1-2H3,(H,25,26)(H2,17,18,19,20). The van der Waals surface area contributed by atoms with Crippen molar-refractivity contribution in [2.24, 2.45) is 7.05 Å². The van der Waals surface area contributed by atoms with Gasteiger partial charge in [0.25, 0.3) is 0 Å². The lowest BCUT2D eigenvalue weighted by Gasteiger charge is -2.11. The number of nitrogens with zero attached hydrogens (tertiary/aromatic N) is 5. The predicted octanol–water partition coefficient (Wildman–Crippen LogP) is 1.65. The molecule has 11 heteroatoms. The molecule has 0 aliphatic rings. The number of nitrogens with one attached hydrogen (secondary N) is 2. The van der Waals surface area contributed by atoms with E-state index in [-0.39, 0.29) is 23.1 Å². The Bertz CT molecular complexity index is 973. The van der Waals surface area contributed by atoms with Crippen molar-refractivity contribution in [2.45, 2.75) is 13.0 Å². The van der Waals surface area contributed by atoms with Crippen molar-refractivity contribution in [3.8, 4) is 0 Å². The van der Waals surface area contributed by atoms with Gasteiger partial charge in [-0.05, 0) is 25.1 Å². The van der Waals surface area contributed by atoms with E-state index >= 15 is 0 Å². The van der Waals surface area contributed by atoms with Gasteiger partial charge < -0.3 is 20.8 Å². The zero-order valence-electron chi connectivity index (χ0n) is 13.9. The van der Waals surface area contributed by atoms with Gasteiger partial charge in [0.05, 0.1) is 16.7 Å². The Hall–Kier alpha value is -2.98. The molecule has 0 aliphatic heterocycles. The van der Waals surface area contributed by atoms with Crippen LogP contribution in [0.5, 0.6) is 0 Å². The minimum absolute atomic E-state index is 0.0337. The van der Waals surface area contributed by atoms with E-state index < -0.39 is 12.1 Å². The van der Waals surface area contributed by atoms with Gasteiger partial charge in [0.15, 0.2) is 17.0 Å². The summed E-state index contributed by atoms with van der Waals surface area (Å²) in [5.41, 5.74) is 1.33. The second kappa shape index (κ2) is 7.10. The molecule has 3 rings (SSSR count). The zero-order valence-corrected chi connectivity index (χ0v) is 14.7. The third-order valence-corrected chi connectivity index (χ3v) is 3.80. The Morgan fingerprint density at radius 3 is 2.85 bits per heavy atom. The minimum Gasteiger partial charge on any atom is -0.478 e. The molecule has 1 aromatic carbocycles. The van der Waals surface area contributed by atoms with Crippen LogP contribution in [-0.4, -0.2) is 53.8 Å². The number of aryl methyl sites for hydroxylation is 1. The maximum Gasteiger partial charge on any atom is 0.337 e. The first-order valence-corrected chi connectivity index (χ1v) is 8.02. The number of aromatic carboxylic acids is 1. The quantitative estimate of drug-likeness (QED) is 0.505. The minimum atomic E-state index is -1.13. The molecule has 2 heterocycles. The Kier molecular flexibility index (Phi) is 4.87. The van der Waals surface area contributed by atoms with E-state index in [1.54, 1.807) is 20.0 Å². The summed E-state index contributed by atoms with van der Waals surface area (Å²) >= 11 is 5.90. The summed E-state index contributed by atoms with van der Waals surface area (Å²) in [5, 5.41) is 32.7. The summed E-state index contributed by atoms with van der Waals surface area (Å²) < 4.78 is 1.49. The maximum absolute atomic E-state index is 11.2. The molecule has 0 radical (unpaired) electrons. The molecule has 0 bridgehead atoms. The first kappa shape index (κ1) is 17.8. The lowest BCUT2D eigenvalue weighted by atomic mass is 10.2. The highest BCUT2D eigenvalue weighted by molar-refractivity contribution is 6.33. The number of rotatable bonds is 6. The molecule has 136 valence electrons. The molecule has 1 atom stereocenters. The molecule has 0 saturated heterocycles. The number of halogens is 1. The van der Waals surface area contributed by atoms with Crippen molar-refractivity contribution >= 4 is 46.2 Å². The molecule has 0 spiro atoms. The smallest absolute Gasteiger partial charge is 0.337 e. The number of aliphatic hydroxyl groups is 1. The van der Waals surface area contributed by atoms with Crippen molar-refractivity contribution < 1.29 is 15.0 Å². The lowest BCUT2D eigenvalue weighted by molar-refractivity contribution is 0.0697. The predicted molar refractivity (Wildman–Crippen MR) is 96.0 cm³/mol. The molecule has 0 amide bonds. The van der Waals surface area contributed by atoms with Gasteiger partial charge >= 0.3 is 5.97 Å². The number of hydrogen-bond acceptors (Lipinski definition) is 8. The first-order chi connectivity index (χ1) is 12.3. The van der Waals surface area contributed by atoms with Crippen LogP contribution in [0.1, 0.15) is 17.3 Å². The molecule has 0 fully saturated rings.